The Kier molecular flexibility index (Phi) is 4.30. The van der Waals surface area contributed by atoms with E-state index >= 15 is 0 Å². The van der Waals surface area contributed by atoms with Crippen molar-refractivity contribution >= 4 is 17.3 Å². The lowest BCUT2D eigenvalue weighted by atomic mass is 10.0. The van der Waals surface area contributed by atoms with Crippen LogP contribution in [0.15, 0.2) is 12.1 Å². The molecule has 0 aliphatic carbocycles. The molecule has 0 atom stereocenters. The Bertz CT molecular complexity index is 469. The number of hydrogen-bond donors (Lipinski definition) is 2. The summed E-state index contributed by atoms with van der Waals surface area (Å²) in [7, 11) is 0. The molecular formula is C15H22N2O2. The van der Waals surface area contributed by atoms with E-state index in [0.717, 1.165) is 36.3 Å². The van der Waals surface area contributed by atoms with Crippen molar-refractivity contribution in [2.75, 3.05) is 17.7 Å². The standard InChI is InChI=1S/C15H22N2O2/c1-10(2)4-3-7-19-14-8-11-5-6-15(18)17-13(11)9-12(14)16/h8-10H,3-7,16H2,1-2H3,(H,17,18). The van der Waals surface area contributed by atoms with Gasteiger partial charge in [0.25, 0.3) is 0 Å². The Morgan fingerprint density at radius 3 is 2.89 bits per heavy atom. The largest absolute Gasteiger partial charge is 0.491 e. The minimum atomic E-state index is 0.0532. The smallest absolute Gasteiger partial charge is 0.224 e. The first-order valence-corrected chi connectivity index (χ1v) is 6.91. The second kappa shape index (κ2) is 5.95. The summed E-state index contributed by atoms with van der Waals surface area (Å²) in [5.41, 5.74) is 8.47. The first-order chi connectivity index (χ1) is 9.06. The van der Waals surface area contributed by atoms with Gasteiger partial charge < -0.3 is 15.8 Å². The van der Waals surface area contributed by atoms with E-state index in [4.69, 9.17) is 10.5 Å². The van der Waals surface area contributed by atoms with Crippen LogP contribution in [0.25, 0.3) is 0 Å². The van der Waals surface area contributed by atoms with Gasteiger partial charge in [-0.05, 0) is 42.9 Å². The molecule has 0 unspecified atom stereocenters. The van der Waals surface area contributed by atoms with E-state index in [-0.39, 0.29) is 5.91 Å². The summed E-state index contributed by atoms with van der Waals surface area (Å²) in [4.78, 5) is 11.3. The third-order valence-corrected chi connectivity index (χ3v) is 3.31. The zero-order valence-electron chi connectivity index (χ0n) is 11.7. The first kappa shape index (κ1) is 13.7. The average Bonchev–Trinajstić information content (AvgIpc) is 2.34. The van der Waals surface area contributed by atoms with Crippen molar-refractivity contribution < 1.29 is 9.53 Å². The minimum absolute atomic E-state index is 0.0532. The van der Waals surface area contributed by atoms with Crippen molar-refractivity contribution in [1.29, 1.82) is 0 Å². The molecule has 0 bridgehead atoms. The Morgan fingerprint density at radius 1 is 1.37 bits per heavy atom. The molecule has 4 heteroatoms. The van der Waals surface area contributed by atoms with Crippen LogP contribution in [0.2, 0.25) is 0 Å². The molecule has 104 valence electrons. The summed E-state index contributed by atoms with van der Waals surface area (Å²) in [6, 6.07) is 3.75. The van der Waals surface area contributed by atoms with Gasteiger partial charge in [0.15, 0.2) is 0 Å². The number of amides is 1. The van der Waals surface area contributed by atoms with E-state index in [9.17, 15) is 4.79 Å². The Morgan fingerprint density at radius 2 is 2.16 bits per heavy atom. The summed E-state index contributed by atoms with van der Waals surface area (Å²) in [5, 5.41) is 2.84. The van der Waals surface area contributed by atoms with Crippen LogP contribution in [-0.4, -0.2) is 12.5 Å². The van der Waals surface area contributed by atoms with Crippen LogP contribution in [0, 0.1) is 5.92 Å². The van der Waals surface area contributed by atoms with E-state index in [1.165, 1.54) is 0 Å². The van der Waals surface area contributed by atoms with Crippen molar-refractivity contribution in [3.63, 3.8) is 0 Å². The molecule has 0 fully saturated rings. The molecule has 1 aromatic carbocycles. The van der Waals surface area contributed by atoms with E-state index in [1.807, 2.05) is 6.07 Å². The quantitative estimate of drug-likeness (QED) is 0.633. The highest BCUT2D eigenvalue weighted by atomic mass is 16.5. The molecule has 1 aliphatic heterocycles. The van der Waals surface area contributed by atoms with Gasteiger partial charge in [-0.15, -0.1) is 0 Å². The molecule has 1 heterocycles. The maximum absolute atomic E-state index is 11.3. The summed E-state index contributed by atoms with van der Waals surface area (Å²) in [6.45, 7) is 5.10. The number of aryl methyl sites for hydroxylation is 1. The second-order valence-corrected chi connectivity index (χ2v) is 5.48. The third kappa shape index (κ3) is 3.63. The van der Waals surface area contributed by atoms with Crippen LogP contribution in [-0.2, 0) is 11.2 Å². The van der Waals surface area contributed by atoms with Crippen LogP contribution in [0.5, 0.6) is 5.75 Å². The second-order valence-electron chi connectivity index (χ2n) is 5.48. The van der Waals surface area contributed by atoms with Crippen molar-refractivity contribution in [1.82, 2.24) is 0 Å². The van der Waals surface area contributed by atoms with E-state index in [2.05, 4.69) is 19.2 Å². The van der Waals surface area contributed by atoms with Gasteiger partial charge in [-0.25, -0.2) is 0 Å². The molecule has 0 saturated carbocycles. The first-order valence-electron chi connectivity index (χ1n) is 6.91. The zero-order chi connectivity index (χ0) is 13.8. The van der Waals surface area contributed by atoms with Crippen molar-refractivity contribution in [2.24, 2.45) is 5.92 Å². The summed E-state index contributed by atoms with van der Waals surface area (Å²) < 4.78 is 5.74. The lowest BCUT2D eigenvalue weighted by molar-refractivity contribution is -0.116. The maximum Gasteiger partial charge on any atom is 0.224 e. The van der Waals surface area contributed by atoms with Gasteiger partial charge in [0.05, 0.1) is 12.3 Å². The Hall–Kier alpha value is -1.71. The molecule has 0 aromatic heterocycles. The Balaban J connectivity index is 2.00. The number of fused-ring (bicyclic) bond motifs is 1. The average molecular weight is 262 g/mol. The highest BCUT2D eigenvalue weighted by Gasteiger charge is 2.17. The number of hydrogen-bond acceptors (Lipinski definition) is 3. The van der Waals surface area contributed by atoms with Gasteiger partial charge in [0.2, 0.25) is 5.91 Å². The molecule has 1 aromatic rings. The number of nitrogens with two attached hydrogens (primary N) is 1. The number of benzene rings is 1. The molecule has 2 rings (SSSR count). The van der Waals surface area contributed by atoms with Crippen molar-refractivity contribution in [3.8, 4) is 5.75 Å². The lowest BCUT2D eigenvalue weighted by Gasteiger charge is -2.19. The van der Waals surface area contributed by atoms with Gasteiger partial charge >= 0.3 is 0 Å². The topological polar surface area (TPSA) is 64.3 Å². The normalized spacial score (nSPS) is 14.2. The molecular weight excluding hydrogens is 240 g/mol. The van der Waals surface area contributed by atoms with Crippen LogP contribution in [0.1, 0.15) is 38.7 Å². The molecule has 19 heavy (non-hydrogen) atoms. The molecule has 0 spiro atoms. The predicted octanol–water partition coefficient (Wildman–Crippen LogP) is 2.97. The highest BCUT2D eigenvalue weighted by Crippen LogP contribution is 2.32. The number of rotatable bonds is 5. The maximum atomic E-state index is 11.3. The summed E-state index contributed by atoms with van der Waals surface area (Å²) in [5.74, 6) is 1.48. The number of carbonyl (C=O) groups is 1. The van der Waals surface area contributed by atoms with Gasteiger partial charge in [0, 0.05) is 12.1 Å². The fraction of sp³-hybridized carbons (Fsp3) is 0.533. The minimum Gasteiger partial charge on any atom is -0.491 e. The van der Waals surface area contributed by atoms with Crippen LogP contribution < -0.4 is 15.8 Å². The van der Waals surface area contributed by atoms with E-state index in [0.29, 0.717) is 24.6 Å². The number of nitrogens with one attached hydrogen (secondary N) is 1. The van der Waals surface area contributed by atoms with E-state index < -0.39 is 0 Å². The number of ether oxygens (including phenoxy) is 1. The van der Waals surface area contributed by atoms with E-state index in [1.54, 1.807) is 6.07 Å². The van der Waals surface area contributed by atoms with Gasteiger partial charge in [-0.3, -0.25) is 4.79 Å². The number of nitrogen functional groups attached to an aromatic ring is 1. The summed E-state index contributed by atoms with van der Waals surface area (Å²) >= 11 is 0. The molecule has 1 amide bonds. The number of carbonyl (C=O) groups excluding carboxylic acids is 1. The molecule has 0 radical (unpaired) electrons. The fourth-order valence-corrected chi connectivity index (χ4v) is 2.22. The van der Waals surface area contributed by atoms with Crippen LogP contribution >= 0.6 is 0 Å². The van der Waals surface area contributed by atoms with Crippen molar-refractivity contribution in [3.05, 3.63) is 17.7 Å². The summed E-state index contributed by atoms with van der Waals surface area (Å²) in [6.07, 6.45) is 3.47. The highest BCUT2D eigenvalue weighted by molar-refractivity contribution is 5.94. The Labute approximate surface area is 114 Å². The fourth-order valence-electron chi connectivity index (χ4n) is 2.22. The van der Waals surface area contributed by atoms with Crippen LogP contribution in [0.4, 0.5) is 11.4 Å². The number of anilines is 2. The molecule has 4 nitrogen and oxygen atoms in total. The zero-order valence-corrected chi connectivity index (χ0v) is 11.7. The molecule has 3 N–H and O–H groups in total. The molecule has 1 aliphatic rings. The SMILES string of the molecule is CC(C)CCCOc1cc2c(cc1N)NC(=O)CC2. The van der Waals surface area contributed by atoms with Crippen LogP contribution in [0.3, 0.4) is 0 Å². The van der Waals surface area contributed by atoms with Gasteiger partial charge in [-0.1, -0.05) is 13.8 Å². The van der Waals surface area contributed by atoms with Gasteiger partial charge in [-0.2, -0.15) is 0 Å². The van der Waals surface area contributed by atoms with Crippen molar-refractivity contribution in [2.45, 2.75) is 39.5 Å². The third-order valence-electron chi connectivity index (χ3n) is 3.31. The predicted molar refractivity (Wildman–Crippen MR) is 77.4 cm³/mol. The van der Waals surface area contributed by atoms with Gasteiger partial charge in [0.1, 0.15) is 5.75 Å². The molecule has 0 saturated heterocycles. The monoisotopic (exact) mass is 262 g/mol. The lowest BCUT2D eigenvalue weighted by Crippen LogP contribution is -2.19.